The van der Waals surface area contributed by atoms with Gasteiger partial charge in [0.15, 0.2) is 5.78 Å². The first-order valence-electron chi connectivity index (χ1n) is 12.7. The maximum Gasteiger partial charge on any atom is 0.242 e. The summed E-state index contributed by atoms with van der Waals surface area (Å²) >= 11 is 0. The number of piperazine rings is 1. The number of hydrogen-bond donors (Lipinski definition) is 1. The molecule has 7 nitrogen and oxygen atoms in total. The Morgan fingerprint density at radius 1 is 1.06 bits per heavy atom. The highest BCUT2D eigenvalue weighted by atomic mass is 16.2. The predicted molar refractivity (Wildman–Crippen MR) is 140 cm³/mol. The molecule has 1 atom stereocenters. The third kappa shape index (κ3) is 4.64. The standard InChI is InChI=1S/C28H35N5O2/c1-4-22-27-21(17-28(2,3)18-24(27)34)30-20-9-5-6-10-23(20)33(22)19-26(35)32-15-13-31(14-16-32)25-11-7-8-12-29-25/h5-12,22,30H,4,13-19H2,1-3H3/t22-/m1/s1. The van der Waals surface area contributed by atoms with Crippen LogP contribution in [0.2, 0.25) is 0 Å². The molecule has 2 aliphatic heterocycles. The molecule has 184 valence electrons. The molecule has 1 saturated heterocycles. The lowest BCUT2D eigenvalue weighted by molar-refractivity contribution is -0.130. The van der Waals surface area contributed by atoms with Gasteiger partial charge in [-0.1, -0.05) is 39.0 Å². The van der Waals surface area contributed by atoms with Gasteiger partial charge >= 0.3 is 0 Å². The lowest BCUT2D eigenvalue weighted by Crippen LogP contribution is -2.53. The minimum Gasteiger partial charge on any atom is -0.357 e. The summed E-state index contributed by atoms with van der Waals surface area (Å²) in [5.41, 5.74) is 3.75. The number of benzene rings is 1. The number of rotatable bonds is 4. The summed E-state index contributed by atoms with van der Waals surface area (Å²) in [6.45, 7) is 9.54. The van der Waals surface area contributed by atoms with Crippen molar-refractivity contribution in [3.05, 3.63) is 59.9 Å². The second-order valence-electron chi connectivity index (χ2n) is 10.6. The second kappa shape index (κ2) is 9.36. The number of fused-ring (bicyclic) bond motifs is 1. The summed E-state index contributed by atoms with van der Waals surface area (Å²) in [6, 6.07) is 13.9. The second-order valence-corrected chi connectivity index (χ2v) is 10.6. The van der Waals surface area contributed by atoms with Gasteiger partial charge < -0.3 is 20.0 Å². The first-order valence-corrected chi connectivity index (χ1v) is 12.7. The molecule has 0 saturated carbocycles. The van der Waals surface area contributed by atoms with Gasteiger partial charge in [0.25, 0.3) is 0 Å². The van der Waals surface area contributed by atoms with E-state index in [0.29, 0.717) is 19.5 Å². The van der Waals surface area contributed by atoms with Gasteiger partial charge in [0.2, 0.25) is 5.91 Å². The zero-order chi connectivity index (χ0) is 24.6. The molecule has 35 heavy (non-hydrogen) atoms. The number of nitrogens with one attached hydrogen (secondary N) is 1. The van der Waals surface area contributed by atoms with Gasteiger partial charge in [0.1, 0.15) is 5.82 Å². The Morgan fingerprint density at radius 2 is 1.80 bits per heavy atom. The molecule has 3 aliphatic rings. The fraction of sp³-hybridized carbons (Fsp3) is 0.464. The number of para-hydroxylation sites is 2. The molecule has 5 rings (SSSR count). The molecular formula is C28H35N5O2. The van der Waals surface area contributed by atoms with Gasteiger partial charge in [-0.3, -0.25) is 9.59 Å². The molecule has 1 fully saturated rings. The van der Waals surface area contributed by atoms with Gasteiger partial charge in [-0.05, 0) is 42.5 Å². The van der Waals surface area contributed by atoms with Crippen molar-refractivity contribution in [1.29, 1.82) is 0 Å². The number of carbonyl (C=O) groups is 2. The third-order valence-electron chi connectivity index (χ3n) is 7.43. The lowest BCUT2D eigenvalue weighted by Gasteiger charge is -2.39. The number of anilines is 3. The number of hydrogen-bond acceptors (Lipinski definition) is 6. The highest BCUT2D eigenvalue weighted by Crippen LogP contribution is 2.44. The molecule has 1 amide bonds. The summed E-state index contributed by atoms with van der Waals surface area (Å²) in [4.78, 5) is 37.7. The van der Waals surface area contributed by atoms with E-state index in [1.165, 1.54) is 0 Å². The molecule has 3 heterocycles. The maximum absolute atomic E-state index is 13.6. The average molecular weight is 474 g/mol. The van der Waals surface area contributed by atoms with E-state index in [1.807, 2.05) is 41.3 Å². The van der Waals surface area contributed by atoms with Crippen molar-refractivity contribution in [2.45, 2.75) is 46.1 Å². The molecular weight excluding hydrogens is 438 g/mol. The monoisotopic (exact) mass is 473 g/mol. The molecule has 1 aromatic heterocycles. The Morgan fingerprint density at radius 3 is 2.51 bits per heavy atom. The lowest BCUT2D eigenvalue weighted by atomic mass is 9.74. The molecule has 0 unspecified atom stereocenters. The Hall–Kier alpha value is -3.35. The first kappa shape index (κ1) is 23.4. The van der Waals surface area contributed by atoms with Crippen LogP contribution in [0.1, 0.15) is 40.0 Å². The van der Waals surface area contributed by atoms with Crippen molar-refractivity contribution in [3.8, 4) is 0 Å². The Bertz CT molecular complexity index is 1140. The van der Waals surface area contributed by atoms with E-state index in [4.69, 9.17) is 0 Å². The quantitative estimate of drug-likeness (QED) is 0.722. The Balaban J connectivity index is 1.39. The topological polar surface area (TPSA) is 68.8 Å². The SMILES string of the molecule is CC[C@@H]1C2=C(CC(C)(C)CC2=O)Nc2ccccc2N1CC(=O)N1CCN(c2ccccn2)CC1. The smallest absolute Gasteiger partial charge is 0.242 e. The number of pyridine rings is 1. The van der Waals surface area contributed by atoms with Gasteiger partial charge in [-0.25, -0.2) is 4.98 Å². The Kier molecular flexibility index (Phi) is 6.26. The van der Waals surface area contributed by atoms with Gasteiger partial charge in [0, 0.05) is 50.1 Å². The van der Waals surface area contributed by atoms with Crippen molar-refractivity contribution in [2.24, 2.45) is 5.41 Å². The zero-order valence-electron chi connectivity index (χ0n) is 21.0. The molecule has 1 aliphatic carbocycles. The van der Waals surface area contributed by atoms with Crippen LogP contribution in [0.5, 0.6) is 0 Å². The van der Waals surface area contributed by atoms with Crippen molar-refractivity contribution in [2.75, 3.05) is 47.8 Å². The summed E-state index contributed by atoms with van der Waals surface area (Å²) in [5, 5.41) is 3.60. The number of Topliss-reactive ketones (excluding diaryl/α,β-unsaturated/α-hetero) is 1. The number of carbonyl (C=O) groups excluding carboxylic acids is 2. The van der Waals surface area contributed by atoms with Crippen LogP contribution < -0.4 is 15.1 Å². The summed E-state index contributed by atoms with van der Waals surface area (Å²) in [6.07, 6.45) is 3.94. The summed E-state index contributed by atoms with van der Waals surface area (Å²) in [5.74, 6) is 1.26. The summed E-state index contributed by atoms with van der Waals surface area (Å²) in [7, 11) is 0. The van der Waals surface area contributed by atoms with Crippen LogP contribution in [0.3, 0.4) is 0 Å². The number of aromatic nitrogens is 1. The van der Waals surface area contributed by atoms with Crippen molar-refractivity contribution in [1.82, 2.24) is 9.88 Å². The van der Waals surface area contributed by atoms with E-state index in [1.54, 1.807) is 6.20 Å². The Labute approximate surface area is 207 Å². The molecule has 0 radical (unpaired) electrons. The van der Waals surface area contributed by atoms with Crippen LogP contribution in [-0.2, 0) is 9.59 Å². The van der Waals surface area contributed by atoms with Gasteiger partial charge in [-0.15, -0.1) is 0 Å². The van der Waals surface area contributed by atoms with Crippen LogP contribution in [0.15, 0.2) is 59.9 Å². The van der Waals surface area contributed by atoms with Crippen molar-refractivity contribution in [3.63, 3.8) is 0 Å². The third-order valence-corrected chi connectivity index (χ3v) is 7.43. The number of ketones is 1. The van der Waals surface area contributed by atoms with Crippen LogP contribution in [0.4, 0.5) is 17.2 Å². The van der Waals surface area contributed by atoms with E-state index in [0.717, 1.165) is 54.4 Å². The maximum atomic E-state index is 13.6. The average Bonchev–Trinajstić information content (AvgIpc) is 2.98. The van der Waals surface area contributed by atoms with Crippen molar-refractivity contribution >= 4 is 28.9 Å². The minimum atomic E-state index is -0.122. The van der Waals surface area contributed by atoms with Crippen LogP contribution in [-0.4, -0.2) is 60.3 Å². The van der Waals surface area contributed by atoms with Crippen LogP contribution in [0.25, 0.3) is 0 Å². The molecule has 7 heteroatoms. The van der Waals surface area contributed by atoms with E-state index in [9.17, 15) is 9.59 Å². The predicted octanol–water partition coefficient (Wildman–Crippen LogP) is 4.08. The number of nitrogens with zero attached hydrogens (tertiary/aromatic N) is 4. The molecule has 0 spiro atoms. The molecule has 1 N–H and O–H groups in total. The molecule has 2 aromatic rings. The highest BCUT2D eigenvalue weighted by Gasteiger charge is 2.40. The van der Waals surface area contributed by atoms with Crippen molar-refractivity contribution < 1.29 is 9.59 Å². The van der Waals surface area contributed by atoms with Gasteiger partial charge in [-0.2, -0.15) is 0 Å². The zero-order valence-corrected chi connectivity index (χ0v) is 21.0. The van der Waals surface area contributed by atoms with Gasteiger partial charge in [0.05, 0.1) is 24.0 Å². The largest absolute Gasteiger partial charge is 0.357 e. The fourth-order valence-corrected chi connectivity index (χ4v) is 5.74. The van der Waals surface area contributed by atoms with Crippen LogP contribution >= 0.6 is 0 Å². The van der Waals surface area contributed by atoms with E-state index < -0.39 is 0 Å². The highest BCUT2D eigenvalue weighted by molar-refractivity contribution is 6.01. The minimum absolute atomic E-state index is 0.0750. The fourth-order valence-electron chi connectivity index (χ4n) is 5.74. The van der Waals surface area contributed by atoms with E-state index in [-0.39, 0.29) is 29.7 Å². The van der Waals surface area contributed by atoms with Crippen LogP contribution in [0, 0.1) is 5.41 Å². The molecule has 1 aromatic carbocycles. The summed E-state index contributed by atoms with van der Waals surface area (Å²) < 4.78 is 0. The first-order chi connectivity index (χ1) is 16.9. The normalized spacial score (nSPS) is 21.7. The number of allylic oxidation sites excluding steroid dienone is 1. The number of amides is 1. The molecule has 0 bridgehead atoms. The van der Waals surface area contributed by atoms with E-state index >= 15 is 0 Å². The van der Waals surface area contributed by atoms with E-state index in [2.05, 4.69) is 46.9 Å².